The highest BCUT2D eigenvalue weighted by molar-refractivity contribution is 5.14. The molecule has 0 aliphatic rings. The molecule has 0 saturated heterocycles. The molecule has 0 saturated carbocycles. The second kappa shape index (κ2) is 10.6. The standard InChI is InChI=1S/C27H36O2/c1-7-26(3,4)24(28-20-22-15-11-9-12-16-22)19-25(27(5,6)8-2)29-21-23-17-13-10-14-18-23/h7-18,24-25H,1-2,19-21H2,3-6H3/t24-,25-/m1/s1. The fourth-order valence-corrected chi connectivity index (χ4v) is 3.17. The van der Waals surface area contributed by atoms with Gasteiger partial charge in [0.15, 0.2) is 0 Å². The van der Waals surface area contributed by atoms with Gasteiger partial charge in [0.05, 0.1) is 25.4 Å². The van der Waals surface area contributed by atoms with E-state index >= 15 is 0 Å². The lowest BCUT2D eigenvalue weighted by Gasteiger charge is -2.39. The zero-order valence-electron chi connectivity index (χ0n) is 18.4. The molecule has 0 N–H and O–H groups in total. The number of hydrogen-bond donors (Lipinski definition) is 0. The molecule has 156 valence electrons. The third-order valence-corrected chi connectivity index (χ3v) is 5.73. The van der Waals surface area contributed by atoms with Crippen molar-refractivity contribution in [2.24, 2.45) is 10.8 Å². The van der Waals surface area contributed by atoms with Crippen LogP contribution in [0.5, 0.6) is 0 Å². The maximum absolute atomic E-state index is 6.42. The maximum atomic E-state index is 6.42. The van der Waals surface area contributed by atoms with Gasteiger partial charge in [-0.25, -0.2) is 0 Å². The fraction of sp³-hybridized carbons (Fsp3) is 0.407. The highest BCUT2D eigenvalue weighted by Gasteiger charge is 2.36. The minimum absolute atomic E-state index is 0.0276. The van der Waals surface area contributed by atoms with E-state index in [4.69, 9.17) is 9.47 Å². The molecule has 0 aliphatic heterocycles. The molecule has 0 radical (unpaired) electrons. The van der Waals surface area contributed by atoms with Gasteiger partial charge < -0.3 is 9.47 Å². The Morgan fingerprint density at radius 1 is 0.690 bits per heavy atom. The molecule has 0 spiro atoms. The van der Waals surface area contributed by atoms with E-state index in [1.807, 2.05) is 48.6 Å². The first-order chi connectivity index (χ1) is 13.8. The third-order valence-electron chi connectivity index (χ3n) is 5.73. The molecule has 0 unspecified atom stereocenters. The zero-order chi connectivity index (χ0) is 21.3. The second-order valence-electron chi connectivity index (χ2n) is 8.86. The van der Waals surface area contributed by atoms with Crippen LogP contribution in [-0.4, -0.2) is 12.2 Å². The third kappa shape index (κ3) is 6.99. The SMILES string of the molecule is C=CC(C)(C)[C@@H](C[C@@H](OCc1ccccc1)C(C)(C)C=C)OCc1ccccc1. The summed E-state index contributed by atoms with van der Waals surface area (Å²) >= 11 is 0. The number of hydrogen-bond acceptors (Lipinski definition) is 2. The summed E-state index contributed by atoms with van der Waals surface area (Å²) in [5.41, 5.74) is 1.98. The Bertz CT molecular complexity index is 681. The van der Waals surface area contributed by atoms with Crippen LogP contribution in [0.4, 0.5) is 0 Å². The highest BCUT2D eigenvalue weighted by Crippen LogP contribution is 2.35. The first-order valence-electron chi connectivity index (χ1n) is 10.4. The van der Waals surface area contributed by atoms with E-state index in [0.29, 0.717) is 13.2 Å². The van der Waals surface area contributed by atoms with Gasteiger partial charge >= 0.3 is 0 Å². The van der Waals surface area contributed by atoms with E-state index < -0.39 is 0 Å². The van der Waals surface area contributed by atoms with Gasteiger partial charge in [-0.1, -0.05) is 101 Å². The summed E-state index contributed by atoms with van der Waals surface area (Å²) in [6.07, 6.45) is 4.67. The molecule has 0 bridgehead atoms. The first kappa shape index (κ1) is 23.1. The van der Waals surface area contributed by atoms with Crippen molar-refractivity contribution in [1.82, 2.24) is 0 Å². The van der Waals surface area contributed by atoms with Gasteiger partial charge in [0, 0.05) is 17.3 Å². The summed E-state index contributed by atoms with van der Waals surface area (Å²) in [6, 6.07) is 20.6. The fourth-order valence-electron chi connectivity index (χ4n) is 3.17. The van der Waals surface area contributed by atoms with Crippen LogP contribution in [0.1, 0.15) is 45.2 Å². The summed E-state index contributed by atoms with van der Waals surface area (Å²) in [5, 5.41) is 0. The van der Waals surface area contributed by atoms with E-state index in [0.717, 1.165) is 6.42 Å². The minimum Gasteiger partial charge on any atom is -0.373 e. The Kier molecular flexibility index (Phi) is 8.43. The van der Waals surface area contributed by atoms with Crippen LogP contribution in [0.25, 0.3) is 0 Å². The number of rotatable bonds is 12. The average Bonchev–Trinajstić information content (AvgIpc) is 2.74. The van der Waals surface area contributed by atoms with Crippen molar-refractivity contribution in [3.8, 4) is 0 Å². The molecule has 2 heteroatoms. The largest absolute Gasteiger partial charge is 0.373 e. The predicted octanol–water partition coefficient (Wildman–Crippen LogP) is 6.97. The second-order valence-corrected chi connectivity index (χ2v) is 8.86. The summed E-state index contributed by atoms with van der Waals surface area (Å²) in [5.74, 6) is 0. The molecular formula is C27H36O2. The van der Waals surface area contributed by atoms with Crippen molar-refractivity contribution in [3.05, 3.63) is 97.1 Å². The van der Waals surface area contributed by atoms with E-state index in [2.05, 4.69) is 65.1 Å². The summed E-state index contributed by atoms with van der Waals surface area (Å²) in [6.45, 7) is 17.9. The predicted molar refractivity (Wildman–Crippen MR) is 123 cm³/mol. The smallest absolute Gasteiger partial charge is 0.0721 e. The lowest BCUT2D eigenvalue weighted by atomic mass is 9.77. The van der Waals surface area contributed by atoms with E-state index in [9.17, 15) is 0 Å². The molecule has 0 heterocycles. The van der Waals surface area contributed by atoms with Gasteiger partial charge in [-0.3, -0.25) is 0 Å². The molecular weight excluding hydrogens is 356 g/mol. The summed E-state index contributed by atoms with van der Waals surface area (Å²) < 4.78 is 12.8. The van der Waals surface area contributed by atoms with Crippen LogP contribution in [0.3, 0.4) is 0 Å². The van der Waals surface area contributed by atoms with Gasteiger partial charge in [-0.2, -0.15) is 0 Å². The van der Waals surface area contributed by atoms with E-state index in [-0.39, 0.29) is 23.0 Å². The minimum atomic E-state index is -0.180. The van der Waals surface area contributed by atoms with Crippen LogP contribution >= 0.6 is 0 Å². The highest BCUT2D eigenvalue weighted by atomic mass is 16.5. The number of benzene rings is 2. The molecule has 2 aromatic rings. The van der Waals surface area contributed by atoms with Crippen molar-refractivity contribution in [2.75, 3.05) is 0 Å². The monoisotopic (exact) mass is 392 g/mol. The Morgan fingerprint density at radius 3 is 1.34 bits per heavy atom. The Morgan fingerprint density at radius 2 is 1.03 bits per heavy atom. The van der Waals surface area contributed by atoms with Gasteiger partial charge in [0.25, 0.3) is 0 Å². The molecule has 2 rings (SSSR count). The molecule has 29 heavy (non-hydrogen) atoms. The molecule has 2 nitrogen and oxygen atoms in total. The molecule has 2 aromatic carbocycles. The lowest BCUT2D eigenvalue weighted by Crippen LogP contribution is -2.40. The molecule has 0 aromatic heterocycles. The number of ether oxygens (including phenoxy) is 2. The van der Waals surface area contributed by atoms with Crippen LogP contribution in [0.15, 0.2) is 86.0 Å². The molecule has 0 amide bonds. The van der Waals surface area contributed by atoms with Gasteiger partial charge in [-0.05, 0) is 11.1 Å². The van der Waals surface area contributed by atoms with Crippen molar-refractivity contribution in [3.63, 3.8) is 0 Å². The van der Waals surface area contributed by atoms with E-state index in [1.165, 1.54) is 11.1 Å². The van der Waals surface area contributed by atoms with Crippen LogP contribution in [0.2, 0.25) is 0 Å². The van der Waals surface area contributed by atoms with Crippen LogP contribution in [0, 0.1) is 10.8 Å². The van der Waals surface area contributed by atoms with Crippen molar-refractivity contribution in [1.29, 1.82) is 0 Å². The summed E-state index contributed by atoms with van der Waals surface area (Å²) in [4.78, 5) is 0. The Labute approximate surface area is 177 Å². The molecule has 0 aliphatic carbocycles. The van der Waals surface area contributed by atoms with Gasteiger partial charge in [0.1, 0.15) is 0 Å². The Balaban J connectivity index is 2.16. The van der Waals surface area contributed by atoms with Gasteiger partial charge in [0.2, 0.25) is 0 Å². The maximum Gasteiger partial charge on any atom is 0.0721 e. The average molecular weight is 393 g/mol. The quantitative estimate of drug-likeness (QED) is 0.363. The molecule has 0 fully saturated rings. The molecule has 2 atom stereocenters. The Hall–Kier alpha value is -2.16. The zero-order valence-corrected chi connectivity index (χ0v) is 18.4. The lowest BCUT2D eigenvalue weighted by molar-refractivity contribution is -0.0883. The van der Waals surface area contributed by atoms with E-state index in [1.54, 1.807) is 0 Å². The van der Waals surface area contributed by atoms with Crippen molar-refractivity contribution in [2.45, 2.75) is 59.5 Å². The van der Waals surface area contributed by atoms with Gasteiger partial charge in [-0.15, -0.1) is 13.2 Å². The topological polar surface area (TPSA) is 18.5 Å². The van der Waals surface area contributed by atoms with Crippen molar-refractivity contribution < 1.29 is 9.47 Å². The summed E-state index contributed by atoms with van der Waals surface area (Å²) in [7, 11) is 0. The van der Waals surface area contributed by atoms with Crippen LogP contribution < -0.4 is 0 Å². The normalized spacial score (nSPS) is 14.2. The van der Waals surface area contributed by atoms with Crippen molar-refractivity contribution >= 4 is 0 Å². The van der Waals surface area contributed by atoms with Crippen LogP contribution in [-0.2, 0) is 22.7 Å². The first-order valence-corrected chi connectivity index (χ1v) is 10.4.